The Kier molecular flexibility index (Phi) is 3.59. The Morgan fingerprint density at radius 3 is 2.86 bits per heavy atom. The van der Waals surface area contributed by atoms with Gasteiger partial charge >= 0.3 is 0 Å². The third kappa shape index (κ3) is 2.36. The molecule has 0 radical (unpaired) electrons. The maximum absolute atomic E-state index is 13.2. The summed E-state index contributed by atoms with van der Waals surface area (Å²) in [7, 11) is 0. The number of nitrogens with one attached hydrogen (secondary N) is 2. The van der Waals surface area contributed by atoms with Gasteiger partial charge in [-0.3, -0.25) is 5.10 Å². The fraction of sp³-hybridized carbons (Fsp3) is 0.316. The summed E-state index contributed by atoms with van der Waals surface area (Å²) in [6.07, 6.45) is 9.03. The summed E-state index contributed by atoms with van der Waals surface area (Å²) in [5.74, 6) is 0.737. The molecular weight excluding hydrogens is 392 g/mol. The van der Waals surface area contributed by atoms with Crippen LogP contribution in [0.5, 0.6) is 0 Å². The fourth-order valence-electron chi connectivity index (χ4n) is 3.78. The van der Waals surface area contributed by atoms with Crippen LogP contribution in [-0.4, -0.2) is 41.2 Å². The van der Waals surface area contributed by atoms with E-state index in [1.54, 1.807) is 11.3 Å². The molecule has 7 nitrogen and oxygen atoms in total. The van der Waals surface area contributed by atoms with Crippen molar-refractivity contribution in [2.24, 2.45) is 0 Å². The number of aromatic nitrogens is 5. The first-order valence-corrected chi connectivity index (χ1v) is 11.4. The van der Waals surface area contributed by atoms with E-state index in [1.165, 1.54) is 6.42 Å². The molecule has 0 aromatic carbocycles. The van der Waals surface area contributed by atoms with Crippen LogP contribution in [-0.2, 0) is 11.2 Å². The number of fused-ring (bicyclic) bond motifs is 2. The van der Waals surface area contributed by atoms with Crippen LogP contribution in [0.25, 0.3) is 38.5 Å². The summed E-state index contributed by atoms with van der Waals surface area (Å²) in [6.45, 7) is 2.63. The molecule has 0 saturated heterocycles. The first-order chi connectivity index (χ1) is 13.7. The summed E-state index contributed by atoms with van der Waals surface area (Å²) in [5.41, 5.74) is 5.97. The predicted octanol–water partition coefficient (Wildman–Crippen LogP) is 2.62. The third-order valence-corrected chi connectivity index (χ3v) is 8.80. The predicted molar refractivity (Wildman–Crippen MR) is 112 cm³/mol. The zero-order chi connectivity index (χ0) is 18.8. The number of aromatic amines is 1. The number of pyridine rings is 1. The molecule has 142 valence electrons. The van der Waals surface area contributed by atoms with Gasteiger partial charge in [0.25, 0.3) is 0 Å². The van der Waals surface area contributed by atoms with Crippen LogP contribution in [0.4, 0.5) is 0 Å². The van der Waals surface area contributed by atoms with Crippen molar-refractivity contribution in [3.8, 4) is 11.3 Å². The molecule has 1 saturated carbocycles. The minimum Gasteiger partial charge on any atom is -0.611 e. The molecule has 1 unspecified atom stereocenters. The highest BCUT2D eigenvalue weighted by Crippen LogP contribution is 2.41. The molecular formula is C19H18N6OS2. The zero-order valence-electron chi connectivity index (χ0n) is 15.2. The van der Waals surface area contributed by atoms with Gasteiger partial charge in [0.1, 0.15) is 21.4 Å². The lowest BCUT2D eigenvalue weighted by Crippen LogP contribution is -2.29. The van der Waals surface area contributed by atoms with Gasteiger partial charge in [-0.1, -0.05) is 11.3 Å². The Morgan fingerprint density at radius 1 is 1.29 bits per heavy atom. The van der Waals surface area contributed by atoms with Crippen LogP contribution < -0.4 is 10.8 Å². The molecule has 4 aromatic rings. The minimum atomic E-state index is -1.00. The second-order valence-corrected chi connectivity index (χ2v) is 10.2. The zero-order valence-corrected chi connectivity index (χ0v) is 16.9. The average Bonchev–Trinajstić information content (AvgIpc) is 3.27. The van der Waals surface area contributed by atoms with E-state index in [2.05, 4.69) is 32.6 Å². The topological polar surface area (TPSA) is 94.5 Å². The Hall–Kier alpha value is -2.36. The molecule has 0 amide bonds. The van der Waals surface area contributed by atoms with Crippen molar-refractivity contribution in [2.45, 2.75) is 35.6 Å². The van der Waals surface area contributed by atoms with Crippen molar-refractivity contribution in [2.75, 3.05) is 12.0 Å². The molecule has 0 bridgehead atoms. The summed E-state index contributed by atoms with van der Waals surface area (Å²) in [4.78, 5) is 16.4. The normalized spacial score (nSPS) is 17.4. The summed E-state index contributed by atoms with van der Waals surface area (Å²) in [6, 6.07) is 2.09. The molecule has 1 aliphatic carbocycles. The highest BCUT2D eigenvalue weighted by Gasteiger charge is 2.35. The van der Waals surface area contributed by atoms with Gasteiger partial charge in [-0.2, -0.15) is 0 Å². The van der Waals surface area contributed by atoms with Crippen LogP contribution in [0.1, 0.15) is 25.1 Å². The van der Waals surface area contributed by atoms with Crippen LogP contribution in [0.2, 0.25) is 0 Å². The maximum atomic E-state index is 13.2. The van der Waals surface area contributed by atoms with Gasteiger partial charge in [0, 0.05) is 34.5 Å². The second kappa shape index (κ2) is 6.07. The Bertz CT molecular complexity index is 1280. The molecule has 1 atom stereocenters. The number of rotatable bonds is 3. The van der Waals surface area contributed by atoms with E-state index in [9.17, 15) is 4.55 Å². The number of aryl methyl sites for hydroxylation is 1. The lowest BCUT2D eigenvalue weighted by Gasteiger charge is -2.26. The monoisotopic (exact) mass is 410 g/mol. The molecule has 1 aliphatic heterocycles. The largest absolute Gasteiger partial charge is 0.611 e. The number of nitrogens with zero attached hydrogens (tertiary/aromatic N) is 4. The molecule has 0 spiro atoms. The molecule has 1 fully saturated rings. The number of thiophene rings is 1. The van der Waals surface area contributed by atoms with Crippen LogP contribution in [0.3, 0.4) is 0 Å². The van der Waals surface area contributed by atoms with E-state index in [4.69, 9.17) is 4.98 Å². The Morgan fingerprint density at radius 2 is 2.11 bits per heavy atom. The smallest absolute Gasteiger partial charge is 0.234 e. The van der Waals surface area contributed by atoms with Crippen LogP contribution >= 0.6 is 11.3 Å². The Balaban J connectivity index is 1.65. The van der Waals surface area contributed by atoms with E-state index in [-0.39, 0.29) is 5.25 Å². The van der Waals surface area contributed by atoms with E-state index >= 15 is 0 Å². The second-order valence-electron chi connectivity index (χ2n) is 7.27. The van der Waals surface area contributed by atoms with Gasteiger partial charge in [0.15, 0.2) is 0 Å². The van der Waals surface area contributed by atoms with Crippen LogP contribution in [0.15, 0.2) is 22.7 Å². The van der Waals surface area contributed by atoms with Crippen molar-refractivity contribution >= 4 is 49.7 Å². The SMILES string of the molecule is Cc1ncc(-c2cc3c4n([nH]c5c([S+]([O-])C6CCC6)sc(n2)c53)NCC=4)cn1. The maximum Gasteiger partial charge on any atom is 0.234 e. The average molecular weight is 411 g/mol. The minimum absolute atomic E-state index is 0.267. The molecule has 9 heteroatoms. The van der Waals surface area contributed by atoms with E-state index in [0.717, 1.165) is 67.1 Å². The van der Waals surface area contributed by atoms with Crippen molar-refractivity contribution < 1.29 is 4.55 Å². The standard InChI is InChI=1S/C19H18N6OS2/c1-10-20-8-11(9-21-10)14-7-13-15-5-6-22-25(15)24-17-16(13)18(23-14)27-19(17)28(26)12-3-2-4-12/h5,7-9,12,22,24H,2-4,6H2,1H3. The first kappa shape index (κ1) is 16.6. The molecule has 2 N–H and O–H groups in total. The molecule has 5 heterocycles. The van der Waals surface area contributed by atoms with E-state index in [1.807, 2.05) is 24.1 Å². The van der Waals surface area contributed by atoms with Crippen molar-refractivity contribution in [3.05, 3.63) is 29.6 Å². The van der Waals surface area contributed by atoms with Crippen molar-refractivity contribution in [1.29, 1.82) is 0 Å². The lowest BCUT2D eigenvalue weighted by molar-refractivity contribution is 0.478. The number of hydrogen-bond donors (Lipinski definition) is 2. The fourth-order valence-corrected chi connectivity index (χ4v) is 7.05. The summed E-state index contributed by atoms with van der Waals surface area (Å²) < 4.78 is 14.1. The Labute approximate surface area is 167 Å². The van der Waals surface area contributed by atoms with Crippen molar-refractivity contribution in [3.63, 3.8) is 0 Å². The van der Waals surface area contributed by atoms with Gasteiger partial charge in [0.2, 0.25) is 4.21 Å². The number of hydrogen-bond acceptors (Lipinski definition) is 6. The highest BCUT2D eigenvalue weighted by atomic mass is 32.2. The highest BCUT2D eigenvalue weighted by molar-refractivity contribution is 7.94. The molecule has 4 aromatic heterocycles. The van der Waals surface area contributed by atoms with E-state index in [0.29, 0.717) is 0 Å². The van der Waals surface area contributed by atoms with Gasteiger partial charge in [-0.05, 0) is 38.3 Å². The molecule has 6 rings (SSSR count). The quantitative estimate of drug-likeness (QED) is 0.506. The van der Waals surface area contributed by atoms with Gasteiger partial charge in [0.05, 0.1) is 23.0 Å². The summed E-state index contributed by atoms with van der Waals surface area (Å²) >= 11 is 0.538. The lowest BCUT2D eigenvalue weighted by atomic mass is 10.0. The third-order valence-electron chi connectivity index (χ3n) is 5.53. The van der Waals surface area contributed by atoms with Gasteiger partial charge in [-0.25, -0.2) is 19.7 Å². The van der Waals surface area contributed by atoms with E-state index < -0.39 is 11.2 Å². The van der Waals surface area contributed by atoms with Crippen LogP contribution in [0, 0.1) is 6.92 Å². The van der Waals surface area contributed by atoms with Gasteiger partial charge < -0.3 is 9.98 Å². The van der Waals surface area contributed by atoms with Gasteiger partial charge in [-0.15, -0.1) is 0 Å². The van der Waals surface area contributed by atoms with Crippen molar-refractivity contribution in [1.82, 2.24) is 24.8 Å². The summed E-state index contributed by atoms with van der Waals surface area (Å²) in [5, 5.41) is 6.94. The first-order valence-electron chi connectivity index (χ1n) is 9.37. The number of H-pyrrole nitrogens is 1. The molecule has 2 aliphatic rings. The molecule has 28 heavy (non-hydrogen) atoms.